The quantitative estimate of drug-likeness (QED) is 0.841. The van der Waals surface area contributed by atoms with Gasteiger partial charge in [-0.1, -0.05) is 29.8 Å². The Morgan fingerprint density at radius 2 is 2.00 bits per heavy atom. The number of aliphatic carboxylic acids is 1. The summed E-state index contributed by atoms with van der Waals surface area (Å²) in [5.74, 6) is -0.819. The summed E-state index contributed by atoms with van der Waals surface area (Å²) in [4.78, 5) is 15.9. The van der Waals surface area contributed by atoms with E-state index in [9.17, 15) is 15.0 Å². The third-order valence-corrected chi connectivity index (χ3v) is 4.48. The molecule has 0 unspecified atom stereocenters. The predicted molar refractivity (Wildman–Crippen MR) is 94.0 cm³/mol. The zero-order valence-electron chi connectivity index (χ0n) is 12.5. The zero-order valence-corrected chi connectivity index (χ0v) is 13.2. The molecular formula is C19H12ClNO3. The lowest BCUT2D eigenvalue weighted by Gasteiger charge is -2.15. The number of carbonyl (C=O) groups is 1. The number of carboxylic acid groups (broad SMARTS) is 1. The number of phenols is 1. The lowest BCUT2D eigenvalue weighted by molar-refractivity contribution is -0.132. The van der Waals surface area contributed by atoms with E-state index >= 15 is 0 Å². The van der Waals surface area contributed by atoms with E-state index in [1.165, 1.54) is 0 Å². The van der Waals surface area contributed by atoms with E-state index < -0.39 is 5.97 Å². The standard InChI is InChI=1S/C19H12ClNO3/c20-14-5-7-16-18(17(14)10-2-1-3-12(22)8-10)13-9-11(19(23)24)4-6-15(13)21-16/h1-5,7-9,22H,6H2,(H,23,24). The number of allylic oxidation sites excluding steroid dienone is 2. The van der Waals surface area contributed by atoms with Gasteiger partial charge in [0.25, 0.3) is 0 Å². The van der Waals surface area contributed by atoms with Crippen LogP contribution in [0.1, 0.15) is 12.0 Å². The number of benzene rings is 2. The first-order chi connectivity index (χ1) is 11.5. The van der Waals surface area contributed by atoms with Gasteiger partial charge in [0.1, 0.15) is 5.75 Å². The monoisotopic (exact) mass is 337 g/mol. The Bertz CT molecular complexity index is 986. The number of fused-ring (bicyclic) bond motifs is 3. The fourth-order valence-corrected chi connectivity index (χ4v) is 3.37. The molecule has 5 heteroatoms. The summed E-state index contributed by atoms with van der Waals surface area (Å²) in [7, 11) is 0. The van der Waals surface area contributed by atoms with Crippen LogP contribution in [-0.2, 0) is 4.79 Å². The summed E-state index contributed by atoms with van der Waals surface area (Å²) < 4.78 is 0. The number of hydrogen-bond donors (Lipinski definition) is 2. The first-order valence-corrected chi connectivity index (χ1v) is 7.78. The van der Waals surface area contributed by atoms with Gasteiger partial charge in [-0.3, -0.25) is 4.99 Å². The van der Waals surface area contributed by atoms with Gasteiger partial charge in [0, 0.05) is 28.1 Å². The molecule has 0 spiro atoms. The number of halogens is 1. The van der Waals surface area contributed by atoms with E-state index in [2.05, 4.69) is 4.99 Å². The average Bonchev–Trinajstić information content (AvgIpc) is 2.92. The summed E-state index contributed by atoms with van der Waals surface area (Å²) >= 11 is 6.43. The minimum absolute atomic E-state index is 0.143. The topological polar surface area (TPSA) is 69.9 Å². The van der Waals surface area contributed by atoms with E-state index in [0.29, 0.717) is 11.4 Å². The van der Waals surface area contributed by atoms with Gasteiger partial charge in [-0.05, 0) is 35.9 Å². The van der Waals surface area contributed by atoms with Crippen molar-refractivity contribution in [3.05, 3.63) is 64.7 Å². The molecule has 4 rings (SSSR count). The van der Waals surface area contributed by atoms with Crippen molar-refractivity contribution >= 4 is 34.5 Å². The van der Waals surface area contributed by atoms with Crippen molar-refractivity contribution in [3.8, 4) is 16.9 Å². The van der Waals surface area contributed by atoms with Crippen LogP contribution in [0, 0.1) is 0 Å². The molecule has 1 heterocycles. The van der Waals surface area contributed by atoms with Gasteiger partial charge in [0.2, 0.25) is 0 Å². The van der Waals surface area contributed by atoms with Gasteiger partial charge in [0.15, 0.2) is 0 Å². The molecule has 0 fully saturated rings. The molecule has 2 aromatic carbocycles. The number of aromatic hydroxyl groups is 1. The second kappa shape index (κ2) is 5.35. The molecule has 0 atom stereocenters. The van der Waals surface area contributed by atoms with Crippen LogP contribution >= 0.6 is 11.6 Å². The van der Waals surface area contributed by atoms with Crippen LogP contribution in [0.2, 0.25) is 5.02 Å². The third kappa shape index (κ3) is 2.23. The van der Waals surface area contributed by atoms with Gasteiger partial charge in [-0.25, -0.2) is 4.79 Å². The Labute approximate surface area is 143 Å². The van der Waals surface area contributed by atoms with Crippen LogP contribution in [0.3, 0.4) is 0 Å². The molecule has 1 aliphatic carbocycles. The first kappa shape index (κ1) is 14.7. The third-order valence-electron chi connectivity index (χ3n) is 4.17. The number of rotatable bonds is 2. The Kier molecular flexibility index (Phi) is 3.28. The van der Waals surface area contributed by atoms with Crippen LogP contribution in [0.15, 0.2) is 59.1 Å². The second-order valence-corrected chi connectivity index (χ2v) is 6.06. The molecule has 24 heavy (non-hydrogen) atoms. The van der Waals surface area contributed by atoms with Crippen molar-refractivity contribution in [1.29, 1.82) is 0 Å². The SMILES string of the molecule is O=C(O)C1=CCC2=Nc3ccc(Cl)c(-c4cccc(O)c4)c3C2=C1. The van der Waals surface area contributed by atoms with E-state index in [-0.39, 0.29) is 11.3 Å². The van der Waals surface area contributed by atoms with Crippen molar-refractivity contribution in [2.45, 2.75) is 6.42 Å². The molecule has 0 amide bonds. The summed E-state index contributed by atoms with van der Waals surface area (Å²) in [6.45, 7) is 0. The normalized spacial score (nSPS) is 15.1. The zero-order chi connectivity index (χ0) is 16.8. The molecular weight excluding hydrogens is 326 g/mol. The van der Waals surface area contributed by atoms with Crippen LogP contribution in [-0.4, -0.2) is 21.9 Å². The maximum absolute atomic E-state index is 11.3. The van der Waals surface area contributed by atoms with Crippen molar-refractivity contribution in [2.75, 3.05) is 0 Å². The molecule has 4 nitrogen and oxygen atoms in total. The highest BCUT2D eigenvalue weighted by atomic mass is 35.5. The number of aliphatic imine (C=N–C) groups is 1. The largest absolute Gasteiger partial charge is 0.508 e. The molecule has 118 valence electrons. The molecule has 0 saturated carbocycles. The fourth-order valence-electron chi connectivity index (χ4n) is 3.11. The number of phenolic OH excluding ortho intramolecular Hbond substituents is 1. The van der Waals surface area contributed by atoms with Crippen LogP contribution < -0.4 is 0 Å². The number of carboxylic acids is 1. The first-order valence-electron chi connectivity index (χ1n) is 7.40. The summed E-state index contributed by atoms with van der Waals surface area (Å²) in [5, 5.41) is 19.6. The highest BCUT2D eigenvalue weighted by molar-refractivity contribution is 6.37. The van der Waals surface area contributed by atoms with Gasteiger partial charge in [0.05, 0.1) is 17.0 Å². The van der Waals surface area contributed by atoms with E-state index in [1.807, 2.05) is 12.1 Å². The lowest BCUT2D eigenvalue weighted by Crippen LogP contribution is -2.08. The van der Waals surface area contributed by atoms with Gasteiger partial charge in [-0.15, -0.1) is 0 Å². The van der Waals surface area contributed by atoms with Crippen LogP contribution in [0.4, 0.5) is 5.69 Å². The Hall–Kier alpha value is -2.85. The average molecular weight is 338 g/mol. The molecule has 0 aromatic heterocycles. The van der Waals surface area contributed by atoms with Crippen LogP contribution in [0.25, 0.3) is 16.7 Å². The van der Waals surface area contributed by atoms with E-state index in [0.717, 1.165) is 33.7 Å². The molecule has 2 N–H and O–H groups in total. The number of nitrogens with zero attached hydrogens (tertiary/aromatic N) is 1. The minimum Gasteiger partial charge on any atom is -0.508 e. The Morgan fingerprint density at radius 1 is 1.17 bits per heavy atom. The molecule has 0 radical (unpaired) electrons. The molecule has 2 aliphatic rings. The highest BCUT2D eigenvalue weighted by Gasteiger charge is 2.28. The van der Waals surface area contributed by atoms with Crippen molar-refractivity contribution in [3.63, 3.8) is 0 Å². The van der Waals surface area contributed by atoms with Gasteiger partial charge >= 0.3 is 5.97 Å². The smallest absolute Gasteiger partial charge is 0.335 e. The van der Waals surface area contributed by atoms with Crippen molar-refractivity contribution in [2.24, 2.45) is 4.99 Å². The number of hydrogen-bond acceptors (Lipinski definition) is 3. The van der Waals surface area contributed by atoms with E-state index in [1.54, 1.807) is 36.4 Å². The second-order valence-electron chi connectivity index (χ2n) is 5.65. The summed E-state index contributed by atoms with van der Waals surface area (Å²) in [5.41, 5.74) is 4.96. The molecule has 0 bridgehead atoms. The Balaban J connectivity index is 1.97. The lowest BCUT2D eigenvalue weighted by atomic mass is 9.88. The minimum atomic E-state index is -0.962. The molecule has 2 aromatic rings. The Morgan fingerprint density at radius 3 is 2.75 bits per heavy atom. The molecule has 1 aliphatic heterocycles. The fraction of sp³-hybridized carbons (Fsp3) is 0.0526. The van der Waals surface area contributed by atoms with E-state index in [4.69, 9.17) is 11.6 Å². The predicted octanol–water partition coefficient (Wildman–Crippen LogP) is 4.60. The highest BCUT2D eigenvalue weighted by Crippen LogP contribution is 2.47. The molecule has 0 saturated heterocycles. The maximum atomic E-state index is 11.3. The summed E-state index contributed by atoms with van der Waals surface area (Å²) in [6, 6.07) is 10.4. The summed E-state index contributed by atoms with van der Waals surface area (Å²) in [6.07, 6.45) is 3.77. The maximum Gasteiger partial charge on any atom is 0.335 e. The van der Waals surface area contributed by atoms with Crippen molar-refractivity contribution in [1.82, 2.24) is 0 Å². The van der Waals surface area contributed by atoms with Gasteiger partial charge < -0.3 is 10.2 Å². The van der Waals surface area contributed by atoms with Crippen LogP contribution in [0.5, 0.6) is 5.75 Å². The van der Waals surface area contributed by atoms with Crippen molar-refractivity contribution < 1.29 is 15.0 Å². The van der Waals surface area contributed by atoms with Gasteiger partial charge in [-0.2, -0.15) is 0 Å².